The number of carbonyl (C=O) groups is 1. The number of piperidine rings is 1. The number of pyridine rings is 1. The third-order valence-corrected chi connectivity index (χ3v) is 7.51. The number of fused-ring (bicyclic) bond motifs is 1. The molecule has 6 nitrogen and oxygen atoms in total. The fourth-order valence-corrected chi connectivity index (χ4v) is 5.56. The van der Waals surface area contributed by atoms with E-state index in [2.05, 4.69) is 4.98 Å². The molecular weight excluding hydrogens is 432 g/mol. The maximum absolute atomic E-state index is 12.8. The molecule has 1 aromatic carbocycles. The molecule has 160 valence electrons. The molecule has 8 heteroatoms. The van der Waals surface area contributed by atoms with Crippen LogP contribution in [0.2, 0.25) is 5.02 Å². The van der Waals surface area contributed by atoms with E-state index in [1.54, 1.807) is 18.3 Å². The van der Waals surface area contributed by atoms with Gasteiger partial charge in [0.15, 0.2) is 0 Å². The summed E-state index contributed by atoms with van der Waals surface area (Å²) >= 11 is 7.78. The number of nitrogens with zero attached hydrogens (tertiary/aromatic N) is 3. The van der Waals surface area contributed by atoms with Gasteiger partial charge in [-0.3, -0.25) is 9.59 Å². The van der Waals surface area contributed by atoms with Gasteiger partial charge in [0, 0.05) is 36.1 Å². The molecule has 0 bridgehead atoms. The number of carbonyl (C=O) groups excluding carboxylic acids is 1. The molecule has 0 aliphatic carbocycles. The molecule has 0 saturated carbocycles. The zero-order valence-electron chi connectivity index (χ0n) is 17.5. The predicted octanol–water partition coefficient (Wildman–Crippen LogP) is 4.47. The predicted molar refractivity (Wildman–Crippen MR) is 123 cm³/mol. The monoisotopic (exact) mass is 454 g/mol. The molecule has 3 heterocycles. The molecule has 31 heavy (non-hydrogen) atoms. The average Bonchev–Trinajstić information content (AvgIpc) is 3.16. The number of aromatic nitrogens is 2. The van der Waals surface area contributed by atoms with Gasteiger partial charge in [-0.15, -0.1) is 11.3 Å². The highest BCUT2D eigenvalue weighted by atomic mass is 35.5. The molecule has 3 aromatic rings. The molecular formula is C23H23ClN4O2S. The van der Waals surface area contributed by atoms with Crippen molar-refractivity contribution in [2.75, 3.05) is 13.1 Å². The van der Waals surface area contributed by atoms with Crippen LogP contribution in [0.3, 0.4) is 0 Å². The number of nitriles is 1. The van der Waals surface area contributed by atoms with E-state index in [1.807, 2.05) is 36.1 Å². The van der Waals surface area contributed by atoms with Crippen LogP contribution in [-0.2, 0) is 11.2 Å². The number of H-pyrrole nitrogens is 1. The normalized spacial score (nSPS) is 14.7. The summed E-state index contributed by atoms with van der Waals surface area (Å²) in [6, 6.07) is 7.76. The number of hydrogen-bond donors (Lipinski definition) is 1. The van der Waals surface area contributed by atoms with Crippen LogP contribution in [0.25, 0.3) is 10.2 Å². The van der Waals surface area contributed by atoms with Crippen molar-refractivity contribution in [3.63, 3.8) is 0 Å². The summed E-state index contributed by atoms with van der Waals surface area (Å²) in [4.78, 5) is 34.1. The maximum Gasteiger partial charge on any atom is 0.266 e. The maximum atomic E-state index is 12.8. The topological polar surface area (TPSA) is 89.8 Å². The first kappa shape index (κ1) is 21.5. The Morgan fingerprint density at radius 1 is 1.35 bits per heavy atom. The minimum absolute atomic E-state index is 0.109. The van der Waals surface area contributed by atoms with Gasteiger partial charge in [-0.25, -0.2) is 4.98 Å². The van der Waals surface area contributed by atoms with E-state index in [0.29, 0.717) is 42.4 Å². The van der Waals surface area contributed by atoms with E-state index in [9.17, 15) is 14.9 Å². The Kier molecular flexibility index (Phi) is 6.12. The van der Waals surface area contributed by atoms with Crippen LogP contribution < -0.4 is 5.56 Å². The lowest BCUT2D eigenvalue weighted by Crippen LogP contribution is -2.38. The van der Waals surface area contributed by atoms with Crippen molar-refractivity contribution in [2.45, 2.75) is 45.4 Å². The molecule has 0 spiro atoms. The van der Waals surface area contributed by atoms with Gasteiger partial charge in [0.1, 0.15) is 11.6 Å². The van der Waals surface area contributed by atoms with Crippen LogP contribution in [0.1, 0.15) is 52.6 Å². The van der Waals surface area contributed by atoms with Crippen LogP contribution in [0.5, 0.6) is 0 Å². The van der Waals surface area contributed by atoms with Crippen molar-refractivity contribution < 1.29 is 4.79 Å². The number of benzene rings is 1. The van der Waals surface area contributed by atoms with Crippen LogP contribution in [0.15, 0.2) is 23.0 Å². The van der Waals surface area contributed by atoms with Gasteiger partial charge < -0.3 is 9.88 Å². The quantitative estimate of drug-likeness (QED) is 0.629. The van der Waals surface area contributed by atoms with Crippen LogP contribution >= 0.6 is 22.9 Å². The first-order valence-corrected chi connectivity index (χ1v) is 11.5. The van der Waals surface area contributed by atoms with Gasteiger partial charge >= 0.3 is 0 Å². The lowest BCUT2D eigenvalue weighted by Gasteiger charge is -2.31. The number of likely N-dealkylation sites (tertiary alicyclic amines) is 1. The van der Waals surface area contributed by atoms with Crippen LogP contribution in [-0.4, -0.2) is 33.9 Å². The standard InChI is InChI=1S/C23H23ClN4O2S/c1-13-17(14(2)26-22(30)18(13)12-25)4-6-21(29)28-9-7-15(8-10-28)23-27-19-11-16(24)3-5-20(19)31-23/h3,5,11,15H,4,6-10H2,1-2H3,(H,26,30). The summed E-state index contributed by atoms with van der Waals surface area (Å²) in [7, 11) is 0. The van der Waals surface area contributed by atoms with Crippen molar-refractivity contribution in [3.8, 4) is 6.07 Å². The van der Waals surface area contributed by atoms with Crippen LogP contribution in [0.4, 0.5) is 0 Å². The number of rotatable bonds is 4. The van der Waals surface area contributed by atoms with Crippen molar-refractivity contribution in [1.82, 2.24) is 14.9 Å². The highest BCUT2D eigenvalue weighted by Crippen LogP contribution is 2.34. The minimum Gasteiger partial charge on any atom is -0.343 e. The highest BCUT2D eigenvalue weighted by molar-refractivity contribution is 7.18. The molecule has 4 rings (SSSR count). The first-order chi connectivity index (χ1) is 14.9. The molecule has 1 fully saturated rings. The van der Waals surface area contributed by atoms with E-state index in [1.165, 1.54) is 0 Å². The minimum atomic E-state index is -0.369. The number of amides is 1. The number of nitrogens with one attached hydrogen (secondary N) is 1. The Labute approximate surface area is 189 Å². The fraction of sp³-hybridized carbons (Fsp3) is 0.391. The van der Waals surface area contributed by atoms with E-state index < -0.39 is 0 Å². The van der Waals surface area contributed by atoms with Gasteiger partial charge in [0.25, 0.3) is 5.56 Å². The number of hydrogen-bond acceptors (Lipinski definition) is 5. The summed E-state index contributed by atoms with van der Waals surface area (Å²) in [5.74, 6) is 0.472. The number of aromatic amines is 1. The molecule has 1 amide bonds. The Balaban J connectivity index is 1.37. The smallest absolute Gasteiger partial charge is 0.266 e. The average molecular weight is 455 g/mol. The summed E-state index contributed by atoms with van der Waals surface area (Å²) in [5, 5.41) is 11.0. The highest BCUT2D eigenvalue weighted by Gasteiger charge is 2.26. The van der Waals surface area contributed by atoms with Crippen molar-refractivity contribution >= 4 is 39.1 Å². The fourth-order valence-electron chi connectivity index (χ4n) is 4.28. The lowest BCUT2D eigenvalue weighted by molar-refractivity contribution is -0.132. The van der Waals surface area contributed by atoms with E-state index in [-0.39, 0.29) is 17.0 Å². The van der Waals surface area contributed by atoms with Crippen molar-refractivity contribution in [2.24, 2.45) is 0 Å². The molecule has 0 atom stereocenters. The zero-order valence-corrected chi connectivity index (χ0v) is 19.1. The second-order valence-corrected chi connectivity index (χ2v) is 9.49. The number of halogens is 1. The summed E-state index contributed by atoms with van der Waals surface area (Å²) in [6.45, 7) is 5.02. The lowest BCUT2D eigenvalue weighted by atomic mass is 9.96. The molecule has 0 radical (unpaired) electrons. The molecule has 1 aliphatic rings. The molecule has 1 aliphatic heterocycles. The molecule has 1 N–H and O–H groups in total. The third-order valence-electron chi connectivity index (χ3n) is 6.07. The first-order valence-electron chi connectivity index (χ1n) is 10.3. The van der Waals surface area contributed by atoms with Gasteiger partial charge in [0.2, 0.25) is 5.91 Å². The summed E-state index contributed by atoms with van der Waals surface area (Å²) in [5.41, 5.74) is 2.98. The Bertz CT molecular complexity index is 1250. The Hall–Kier alpha value is -2.69. The van der Waals surface area contributed by atoms with E-state index in [0.717, 1.165) is 39.3 Å². The van der Waals surface area contributed by atoms with E-state index >= 15 is 0 Å². The molecule has 2 aromatic heterocycles. The van der Waals surface area contributed by atoms with Crippen LogP contribution in [0, 0.1) is 25.2 Å². The van der Waals surface area contributed by atoms with Crippen molar-refractivity contribution in [3.05, 3.63) is 61.0 Å². The van der Waals surface area contributed by atoms with Gasteiger partial charge in [0.05, 0.1) is 15.2 Å². The second kappa shape index (κ2) is 8.81. The molecule has 0 unspecified atom stereocenters. The SMILES string of the molecule is Cc1[nH]c(=O)c(C#N)c(C)c1CCC(=O)N1CCC(c2nc3cc(Cl)ccc3s2)CC1. The largest absolute Gasteiger partial charge is 0.343 e. The Morgan fingerprint density at radius 2 is 2.10 bits per heavy atom. The zero-order chi connectivity index (χ0) is 22.1. The van der Waals surface area contributed by atoms with Gasteiger partial charge in [-0.2, -0.15) is 5.26 Å². The Morgan fingerprint density at radius 3 is 2.81 bits per heavy atom. The number of aryl methyl sites for hydroxylation is 1. The van der Waals surface area contributed by atoms with E-state index in [4.69, 9.17) is 16.6 Å². The number of thiazole rings is 1. The summed E-state index contributed by atoms with van der Waals surface area (Å²) in [6.07, 6.45) is 2.67. The second-order valence-electron chi connectivity index (χ2n) is 7.99. The van der Waals surface area contributed by atoms with Gasteiger partial charge in [-0.1, -0.05) is 11.6 Å². The third kappa shape index (κ3) is 4.36. The summed E-state index contributed by atoms with van der Waals surface area (Å²) < 4.78 is 1.14. The van der Waals surface area contributed by atoms with Gasteiger partial charge in [-0.05, 0) is 62.4 Å². The van der Waals surface area contributed by atoms with Crippen molar-refractivity contribution in [1.29, 1.82) is 5.26 Å². The molecule has 1 saturated heterocycles.